The van der Waals surface area contributed by atoms with Gasteiger partial charge in [-0.2, -0.15) is 4.98 Å². The Morgan fingerprint density at radius 2 is 2.36 bits per heavy atom. The second-order valence-electron chi connectivity index (χ2n) is 2.28. The summed E-state index contributed by atoms with van der Waals surface area (Å²) < 4.78 is 0.552. The maximum absolute atomic E-state index is 11.5. The normalized spacial score (nSPS) is 10.0. The number of carbonyl (C=O) groups is 1. The molecule has 0 aliphatic heterocycles. The van der Waals surface area contributed by atoms with Crippen molar-refractivity contribution in [1.29, 1.82) is 0 Å². The number of anilines is 1. The van der Waals surface area contributed by atoms with Gasteiger partial charge in [-0.25, -0.2) is 0 Å². The molecule has 0 saturated heterocycles. The summed E-state index contributed by atoms with van der Waals surface area (Å²) in [6, 6.07) is 3.61. The molecule has 2 aromatic rings. The van der Waals surface area contributed by atoms with Crippen molar-refractivity contribution in [2.45, 2.75) is 0 Å². The number of hydrogen-bond acceptors (Lipinski definition) is 6. The van der Waals surface area contributed by atoms with Gasteiger partial charge in [0.1, 0.15) is 0 Å². The fraction of sp³-hybridized carbons (Fsp3) is 0. The summed E-state index contributed by atoms with van der Waals surface area (Å²) in [5.41, 5.74) is 0. The summed E-state index contributed by atoms with van der Waals surface area (Å²) in [7, 11) is 2.75. The van der Waals surface area contributed by atoms with E-state index < -0.39 is 0 Å². The fourth-order valence-corrected chi connectivity index (χ4v) is 3.28. The van der Waals surface area contributed by atoms with Crippen LogP contribution in [0.3, 0.4) is 0 Å². The molecule has 2 rings (SSSR count). The molecule has 0 fully saturated rings. The molecule has 0 radical (unpaired) electrons. The highest BCUT2D eigenvalue weighted by molar-refractivity contribution is 7.79. The van der Waals surface area contributed by atoms with E-state index in [1.54, 1.807) is 6.07 Å². The third-order valence-corrected chi connectivity index (χ3v) is 4.74. The van der Waals surface area contributed by atoms with E-state index in [1.165, 1.54) is 32.0 Å². The summed E-state index contributed by atoms with van der Waals surface area (Å²) in [4.78, 5) is 16.2. The summed E-state index contributed by atoms with van der Waals surface area (Å²) >= 11 is 6.25. The second kappa shape index (κ2) is 4.26. The number of hydrogen-bond donors (Lipinski definition) is 1. The quantitative estimate of drug-likeness (QED) is 0.665. The van der Waals surface area contributed by atoms with Crippen LogP contribution >= 0.6 is 44.2 Å². The van der Waals surface area contributed by atoms with E-state index in [4.69, 9.17) is 12.2 Å². The van der Waals surface area contributed by atoms with Gasteiger partial charge in [0.2, 0.25) is 5.13 Å². The molecule has 2 heterocycles. The predicted octanol–water partition coefficient (Wildman–Crippen LogP) is 3.25. The Kier molecular flexibility index (Phi) is 3.02. The van der Waals surface area contributed by atoms with Crippen molar-refractivity contribution in [1.82, 2.24) is 4.98 Å². The molecule has 0 aliphatic rings. The zero-order chi connectivity index (χ0) is 9.97. The number of amides is 1. The molecule has 0 bridgehead atoms. The number of nitrogens with zero attached hydrogens (tertiary/aromatic N) is 1. The Morgan fingerprint density at radius 3 is 2.93 bits per heavy atom. The maximum atomic E-state index is 11.5. The lowest BCUT2D eigenvalue weighted by atomic mass is 10.4. The van der Waals surface area contributed by atoms with E-state index in [-0.39, 0.29) is 5.91 Å². The van der Waals surface area contributed by atoms with Gasteiger partial charge in [-0.05, 0) is 44.3 Å². The molecule has 1 amide bonds. The molecule has 7 heteroatoms. The molecule has 3 nitrogen and oxygen atoms in total. The Balaban J connectivity index is 2.13. The lowest BCUT2D eigenvalue weighted by Gasteiger charge is -1.95. The minimum absolute atomic E-state index is 0.128. The molecule has 0 atom stereocenters. The van der Waals surface area contributed by atoms with Crippen LogP contribution in [-0.4, -0.2) is 10.9 Å². The summed E-state index contributed by atoms with van der Waals surface area (Å²) in [6.07, 6.45) is 0. The van der Waals surface area contributed by atoms with Crippen molar-refractivity contribution in [2.24, 2.45) is 0 Å². The molecular formula is C7H4N2OS4. The van der Waals surface area contributed by atoms with Gasteiger partial charge in [0.15, 0.2) is 3.95 Å². The largest absolute Gasteiger partial charge is 0.296 e. The van der Waals surface area contributed by atoms with Crippen LogP contribution < -0.4 is 5.32 Å². The molecule has 0 unspecified atom stereocenters. The monoisotopic (exact) mass is 260 g/mol. The van der Waals surface area contributed by atoms with Crippen molar-refractivity contribution in [3.63, 3.8) is 0 Å². The molecule has 14 heavy (non-hydrogen) atoms. The molecule has 0 aliphatic carbocycles. The van der Waals surface area contributed by atoms with Crippen LogP contribution in [0.2, 0.25) is 0 Å². The van der Waals surface area contributed by atoms with Gasteiger partial charge in [-0.1, -0.05) is 6.07 Å². The average Bonchev–Trinajstić information content (AvgIpc) is 2.75. The van der Waals surface area contributed by atoms with Crippen LogP contribution in [0.15, 0.2) is 17.5 Å². The van der Waals surface area contributed by atoms with Crippen molar-refractivity contribution < 1.29 is 4.79 Å². The highest BCUT2D eigenvalue weighted by Gasteiger charge is 2.08. The lowest BCUT2D eigenvalue weighted by molar-refractivity contribution is 0.103. The summed E-state index contributed by atoms with van der Waals surface area (Å²) in [5, 5.41) is 5.11. The van der Waals surface area contributed by atoms with Crippen LogP contribution in [0.5, 0.6) is 0 Å². The van der Waals surface area contributed by atoms with Crippen molar-refractivity contribution in [3.05, 3.63) is 26.3 Å². The molecule has 2 aromatic heterocycles. The Bertz CT molecular complexity index is 484. The van der Waals surface area contributed by atoms with Crippen molar-refractivity contribution in [3.8, 4) is 0 Å². The zero-order valence-electron chi connectivity index (χ0n) is 6.72. The first kappa shape index (κ1) is 9.91. The third-order valence-electron chi connectivity index (χ3n) is 1.35. The summed E-state index contributed by atoms with van der Waals surface area (Å²) in [6.45, 7) is 0. The highest BCUT2D eigenvalue weighted by Crippen LogP contribution is 2.20. The van der Waals surface area contributed by atoms with E-state index in [9.17, 15) is 4.79 Å². The first-order chi connectivity index (χ1) is 6.75. The minimum atomic E-state index is -0.128. The van der Waals surface area contributed by atoms with Gasteiger partial charge in [0.05, 0.1) is 4.88 Å². The first-order valence-electron chi connectivity index (χ1n) is 3.58. The van der Waals surface area contributed by atoms with Gasteiger partial charge >= 0.3 is 0 Å². The van der Waals surface area contributed by atoms with E-state index in [2.05, 4.69) is 10.3 Å². The van der Waals surface area contributed by atoms with Gasteiger partial charge in [0, 0.05) is 0 Å². The van der Waals surface area contributed by atoms with Crippen LogP contribution in [0.1, 0.15) is 9.67 Å². The average molecular weight is 260 g/mol. The van der Waals surface area contributed by atoms with E-state index in [0.717, 1.165) is 0 Å². The Hall–Kier alpha value is -0.630. The number of thiophene rings is 1. The molecule has 0 spiro atoms. The molecule has 0 saturated carbocycles. The van der Waals surface area contributed by atoms with Gasteiger partial charge < -0.3 is 0 Å². The SMILES string of the molecule is O=C(Nc1nc(=S)ss1)c1cccs1. The van der Waals surface area contributed by atoms with Crippen molar-refractivity contribution in [2.75, 3.05) is 5.32 Å². The predicted molar refractivity (Wildman–Crippen MR) is 63.1 cm³/mol. The van der Waals surface area contributed by atoms with Crippen molar-refractivity contribution >= 4 is 55.3 Å². The number of rotatable bonds is 2. The van der Waals surface area contributed by atoms with E-state index in [1.807, 2.05) is 11.4 Å². The smallest absolute Gasteiger partial charge is 0.267 e. The van der Waals surface area contributed by atoms with Gasteiger partial charge in [0.25, 0.3) is 5.91 Å². The molecule has 1 N–H and O–H groups in total. The third kappa shape index (κ3) is 2.24. The standard InChI is InChI=1S/C7H4N2OS4/c10-5(4-2-1-3-12-4)8-6-9-7(11)14-13-6/h1-3H,(H,8,9,10,11). The van der Waals surface area contributed by atoms with E-state index in [0.29, 0.717) is 14.0 Å². The molecular weight excluding hydrogens is 256 g/mol. The number of carbonyl (C=O) groups excluding carboxylic acids is 1. The van der Waals surface area contributed by atoms with E-state index >= 15 is 0 Å². The minimum Gasteiger partial charge on any atom is -0.296 e. The second-order valence-corrected chi connectivity index (χ2v) is 5.98. The number of aromatic nitrogens is 1. The fourth-order valence-electron chi connectivity index (χ4n) is 0.811. The highest BCUT2D eigenvalue weighted by atomic mass is 32.9. The number of nitrogens with one attached hydrogen (secondary N) is 1. The lowest BCUT2D eigenvalue weighted by Crippen LogP contribution is -2.09. The summed E-state index contributed by atoms with van der Waals surface area (Å²) in [5.74, 6) is -0.128. The van der Waals surface area contributed by atoms with Crippen LogP contribution in [0, 0.1) is 3.95 Å². The van der Waals surface area contributed by atoms with Crippen LogP contribution in [-0.2, 0) is 0 Å². The first-order valence-corrected chi connectivity index (χ1v) is 7.01. The molecule has 0 aromatic carbocycles. The molecule has 72 valence electrons. The maximum Gasteiger partial charge on any atom is 0.267 e. The van der Waals surface area contributed by atoms with Gasteiger partial charge in [-0.3, -0.25) is 10.1 Å². The zero-order valence-corrected chi connectivity index (χ0v) is 9.99. The Labute approximate surface area is 96.5 Å². The Morgan fingerprint density at radius 1 is 1.50 bits per heavy atom. The van der Waals surface area contributed by atoms with Gasteiger partial charge in [-0.15, -0.1) is 11.3 Å². The van der Waals surface area contributed by atoms with Crippen LogP contribution in [0.25, 0.3) is 0 Å². The van der Waals surface area contributed by atoms with Crippen LogP contribution in [0.4, 0.5) is 5.13 Å². The topological polar surface area (TPSA) is 42.0 Å².